The van der Waals surface area contributed by atoms with Crippen LogP contribution in [-0.4, -0.2) is 36.4 Å². The molecule has 5 rings (SSSR count). The Hall–Kier alpha value is -3.84. The lowest BCUT2D eigenvalue weighted by Gasteiger charge is -2.04. The second-order valence-corrected chi connectivity index (χ2v) is 7.25. The van der Waals surface area contributed by atoms with Crippen LogP contribution in [0.2, 0.25) is 0 Å². The summed E-state index contributed by atoms with van der Waals surface area (Å²) in [5, 5.41) is 13.9. The molecule has 0 aliphatic carbocycles. The Balaban J connectivity index is 1.67. The van der Waals surface area contributed by atoms with Gasteiger partial charge in [-0.2, -0.15) is 5.10 Å². The van der Waals surface area contributed by atoms with Crippen molar-refractivity contribution >= 4 is 11.2 Å². The van der Waals surface area contributed by atoms with Crippen LogP contribution in [0.4, 0.5) is 4.39 Å². The van der Waals surface area contributed by atoms with Crippen molar-refractivity contribution in [3.63, 3.8) is 0 Å². The van der Waals surface area contributed by atoms with Gasteiger partial charge in [-0.05, 0) is 36.8 Å². The van der Waals surface area contributed by atoms with Gasteiger partial charge in [-0.3, -0.25) is 4.68 Å². The average molecular weight is 413 g/mol. The molecule has 7 heteroatoms. The van der Waals surface area contributed by atoms with Crippen molar-refractivity contribution in [2.24, 2.45) is 0 Å². The van der Waals surface area contributed by atoms with E-state index in [4.69, 9.17) is 5.10 Å². The van der Waals surface area contributed by atoms with E-state index in [9.17, 15) is 9.50 Å². The third-order valence-corrected chi connectivity index (χ3v) is 5.15. The Morgan fingerprint density at radius 2 is 1.74 bits per heavy atom. The predicted molar refractivity (Wildman–Crippen MR) is 118 cm³/mol. The van der Waals surface area contributed by atoms with Gasteiger partial charge in [0.25, 0.3) is 0 Å². The molecule has 0 fully saturated rings. The highest BCUT2D eigenvalue weighted by Crippen LogP contribution is 2.35. The van der Waals surface area contributed by atoms with Crippen LogP contribution in [-0.2, 0) is 6.54 Å². The van der Waals surface area contributed by atoms with E-state index in [1.807, 2.05) is 47.3 Å². The number of aliphatic hydroxyl groups excluding tert-OH is 1. The number of halogens is 1. The zero-order valence-corrected chi connectivity index (χ0v) is 16.7. The van der Waals surface area contributed by atoms with E-state index in [0.717, 1.165) is 39.3 Å². The first kappa shape index (κ1) is 19.1. The standard InChI is InChI=1S/C24H20FN5O/c25-18-9-7-16(8-10-18)21-20(15-30(29-21)13-4-14-31)19-11-12-26-24-22(19)27-23(28-24)17-5-2-1-3-6-17/h1-3,5-12,15,31H,4,13-14H2,(H,26,27,28). The van der Waals surface area contributed by atoms with Crippen molar-refractivity contribution in [1.82, 2.24) is 24.7 Å². The lowest BCUT2D eigenvalue weighted by molar-refractivity contribution is 0.277. The summed E-state index contributed by atoms with van der Waals surface area (Å²) in [5.74, 6) is 0.448. The Morgan fingerprint density at radius 3 is 2.52 bits per heavy atom. The van der Waals surface area contributed by atoms with Crippen molar-refractivity contribution in [3.8, 4) is 33.8 Å². The quantitative estimate of drug-likeness (QED) is 0.424. The van der Waals surface area contributed by atoms with Crippen LogP contribution in [0.1, 0.15) is 6.42 Å². The van der Waals surface area contributed by atoms with Gasteiger partial charge in [-0.1, -0.05) is 30.3 Å². The molecule has 0 saturated carbocycles. The topological polar surface area (TPSA) is 79.6 Å². The summed E-state index contributed by atoms with van der Waals surface area (Å²) >= 11 is 0. The highest BCUT2D eigenvalue weighted by Gasteiger charge is 2.18. The van der Waals surface area contributed by atoms with Crippen LogP contribution >= 0.6 is 0 Å². The van der Waals surface area contributed by atoms with E-state index >= 15 is 0 Å². The molecule has 2 N–H and O–H groups in total. The number of nitrogens with zero attached hydrogens (tertiary/aromatic N) is 4. The fourth-order valence-electron chi connectivity index (χ4n) is 3.65. The van der Waals surface area contributed by atoms with Gasteiger partial charge in [0.2, 0.25) is 0 Å². The summed E-state index contributed by atoms with van der Waals surface area (Å²) in [7, 11) is 0. The maximum absolute atomic E-state index is 13.5. The number of benzene rings is 2. The number of aromatic amines is 1. The SMILES string of the molecule is OCCCn1cc(-c2ccnc3nc(-c4ccccc4)[nH]c23)c(-c2ccc(F)cc2)n1. The zero-order valence-electron chi connectivity index (χ0n) is 16.7. The summed E-state index contributed by atoms with van der Waals surface area (Å²) in [6.07, 6.45) is 4.27. The molecule has 0 atom stereocenters. The van der Waals surface area contributed by atoms with Crippen molar-refractivity contribution < 1.29 is 9.50 Å². The van der Waals surface area contributed by atoms with Crippen LogP contribution in [0.15, 0.2) is 73.1 Å². The molecule has 3 heterocycles. The maximum atomic E-state index is 13.5. The molecule has 5 aromatic rings. The van der Waals surface area contributed by atoms with Gasteiger partial charge in [0.15, 0.2) is 5.65 Å². The van der Waals surface area contributed by atoms with E-state index in [0.29, 0.717) is 18.6 Å². The van der Waals surface area contributed by atoms with Crippen LogP contribution in [0, 0.1) is 5.82 Å². The molecule has 154 valence electrons. The van der Waals surface area contributed by atoms with Crippen molar-refractivity contribution in [2.45, 2.75) is 13.0 Å². The summed E-state index contributed by atoms with van der Waals surface area (Å²) in [5.41, 5.74) is 5.75. The Labute approximate surface area is 178 Å². The number of pyridine rings is 1. The summed E-state index contributed by atoms with van der Waals surface area (Å²) < 4.78 is 15.3. The number of aryl methyl sites for hydroxylation is 1. The molecule has 0 saturated heterocycles. The molecule has 0 aliphatic heterocycles. The number of fused-ring (bicyclic) bond motifs is 1. The second-order valence-electron chi connectivity index (χ2n) is 7.25. The largest absolute Gasteiger partial charge is 0.396 e. The van der Waals surface area contributed by atoms with Crippen LogP contribution < -0.4 is 0 Å². The number of hydrogen-bond acceptors (Lipinski definition) is 4. The van der Waals surface area contributed by atoms with Crippen LogP contribution in [0.25, 0.3) is 44.9 Å². The van der Waals surface area contributed by atoms with Crippen molar-refractivity contribution in [3.05, 3.63) is 78.9 Å². The summed E-state index contributed by atoms with van der Waals surface area (Å²) in [6.45, 7) is 0.665. The normalized spacial score (nSPS) is 11.3. The molecular weight excluding hydrogens is 393 g/mol. The Bertz CT molecular complexity index is 1330. The van der Waals surface area contributed by atoms with E-state index < -0.39 is 0 Å². The van der Waals surface area contributed by atoms with E-state index in [1.165, 1.54) is 12.1 Å². The maximum Gasteiger partial charge on any atom is 0.178 e. The molecule has 0 bridgehead atoms. The highest BCUT2D eigenvalue weighted by atomic mass is 19.1. The summed E-state index contributed by atoms with van der Waals surface area (Å²) in [4.78, 5) is 12.5. The number of H-pyrrole nitrogens is 1. The second kappa shape index (κ2) is 8.12. The van der Waals surface area contributed by atoms with Crippen LogP contribution in [0.3, 0.4) is 0 Å². The minimum absolute atomic E-state index is 0.0849. The monoisotopic (exact) mass is 413 g/mol. The first-order valence-corrected chi connectivity index (χ1v) is 10.1. The smallest absolute Gasteiger partial charge is 0.178 e. The fraction of sp³-hybridized carbons (Fsp3) is 0.125. The van der Waals surface area contributed by atoms with Gasteiger partial charge in [0.05, 0.1) is 5.52 Å². The molecule has 0 radical (unpaired) electrons. The van der Waals surface area contributed by atoms with Gasteiger partial charge in [-0.15, -0.1) is 0 Å². The fourth-order valence-corrected chi connectivity index (χ4v) is 3.65. The highest BCUT2D eigenvalue weighted by molar-refractivity contribution is 5.95. The van der Waals surface area contributed by atoms with Gasteiger partial charge < -0.3 is 10.1 Å². The van der Waals surface area contributed by atoms with E-state index in [-0.39, 0.29) is 12.4 Å². The first-order valence-electron chi connectivity index (χ1n) is 10.1. The number of nitrogens with one attached hydrogen (secondary N) is 1. The first-order chi connectivity index (χ1) is 15.2. The molecular formula is C24H20FN5O. The zero-order chi connectivity index (χ0) is 21.2. The molecule has 3 aromatic heterocycles. The van der Waals surface area contributed by atoms with E-state index in [1.54, 1.807) is 18.3 Å². The van der Waals surface area contributed by atoms with Crippen molar-refractivity contribution in [1.29, 1.82) is 0 Å². The number of rotatable bonds is 6. The number of aromatic nitrogens is 5. The number of imidazole rings is 1. The summed E-state index contributed by atoms with van der Waals surface area (Å²) in [6, 6.07) is 18.1. The minimum Gasteiger partial charge on any atom is -0.396 e. The number of aliphatic hydroxyl groups is 1. The molecule has 6 nitrogen and oxygen atoms in total. The van der Waals surface area contributed by atoms with Gasteiger partial charge >= 0.3 is 0 Å². The third-order valence-electron chi connectivity index (χ3n) is 5.15. The molecule has 31 heavy (non-hydrogen) atoms. The lowest BCUT2D eigenvalue weighted by atomic mass is 10.0. The van der Waals surface area contributed by atoms with Gasteiger partial charge in [0.1, 0.15) is 17.3 Å². The average Bonchev–Trinajstić information content (AvgIpc) is 3.43. The van der Waals surface area contributed by atoms with Crippen molar-refractivity contribution in [2.75, 3.05) is 6.61 Å². The van der Waals surface area contributed by atoms with E-state index in [2.05, 4.69) is 15.0 Å². The molecule has 0 aliphatic rings. The predicted octanol–water partition coefficient (Wildman–Crippen LogP) is 4.68. The van der Waals surface area contributed by atoms with Gasteiger partial charge in [-0.25, -0.2) is 14.4 Å². The molecule has 0 spiro atoms. The lowest BCUT2D eigenvalue weighted by Crippen LogP contribution is -2.00. The Morgan fingerprint density at radius 1 is 0.935 bits per heavy atom. The molecule has 2 aromatic carbocycles. The molecule has 0 unspecified atom stereocenters. The van der Waals surface area contributed by atoms with Crippen LogP contribution in [0.5, 0.6) is 0 Å². The Kier molecular flexibility index (Phi) is 5.01. The minimum atomic E-state index is -0.294. The number of hydrogen-bond donors (Lipinski definition) is 2. The van der Waals surface area contributed by atoms with Gasteiger partial charge in [0, 0.05) is 47.8 Å². The molecule has 0 amide bonds. The third kappa shape index (κ3) is 3.71.